The normalized spacial score (nSPS) is 16.0. The number of benzene rings is 6. The molecule has 1 aromatic heterocycles. The summed E-state index contributed by atoms with van der Waals surface area (Å²) < 4.78 is 6.34. The van der Waals surface area contributed by atoms with Crippen molar-refractivity contribution in [1.29, 1.82) is 0 Å². The molecule has 3 aliphatic rings. The van der Waals surface area contributed by atoms with Crippen molar-refractivity contribution in [2.24, 2.45) is 5.41 Å². The van der Waals surface area contributed by atoms with Crippen molar-refractivity contribution in [2.45, 2.75) is 85.6 Å². The number of nitrogens with zero attached hydrogens (tertiary/aromatic N) is 3. The average Bonchev–Trinajstić information content (AvgIpc) is 3.73. The van der Waals surface area contributed by atoms with E-state index in [4.69, 9.17) is 4.42 Å². The summed E-state index contributed by atoms with van der Waals surface area (Å²) in [6.07, 6.45) is 20.2. The number of anilines is 5. The van der Waals surface area contributed by atoms with Crippen LogP contribution in [0.1, 0.15) is 79.9 Å². The van der Waals surface area contributed by atoms with E-state index in [9.17, 15) is 0 Å². The van der Waals surface area contributed by atoms with Gasteiger partial charge in [-0.15, -0.1) is 0 Å². The number of rotatable bonds is 10. The maximum absolute atomic E-state index is 6.34. The largest absolute Gasteiger partial charge is 0.456 e. The molecule has 3 heterocycles. The molecule has 5 heteroatoms. The Labute approximate surface area is 422 Å². The van der Waals surface area contributed by atoms with Gasteiger partial charge in [0.05, 0.1) is 6.04 Å². The SMILES string of the molecule is C=C/C=C\C(=C)N(c1ccccc1)C1C=CC2=C(C1)N(/C=C/C=C(\C=C)C(C)(C)C)c1cc(C(C)(C)C)cc3c1B2c1cc(C(C)(C)C)ccc1N3c1ccc(-c2cccc3oc4ccccc4c23)cc1. The molecule has 71 heavy (non-hydrogen) atoms. The van der Waals surface area contributed by atoms with Crippen molar-refractivity contribution in [3.05, 3.63) is 236 Å². The lowest BCUT2D eigenvalue weighted by atomic mass is 9.32. The van der Waals surface area contributed by atoms with E-state index in [2.05, 4.69) is 255 Å². The Morgan fingerprint density at radius 2 is 1.42 bits per heavy atom. The van der Waals surface area contributed by atoms with Gasteiger partial charge in [-0.1, -0.05) is 191 Å². The highest BCUT2D eigenvalue weighted by molar-refractivity contribution is 6.95. The second-order valence-electron chi connectivity index (χ2n) is 22.4. The molecule has 6 aromatic carbocycles. The zero-order valence-electron chi connectivity index (χ0n) is 43.1. The first-order valence-corrected chi connectivity index (χ1v) is 25.1. The van der Waals surface area contributed by atoms with Crippen LogP contribution in [-0.4, -0.2) is 12.8 Å². The lowest BCUT2D eigenvalue weighted by Gasteiger charge is -2.47. The van der Waals surface area contributed by atoms with Gasteiger partial charge in [-0.3, -0.25) is 0 Å². The minimum Gasteiger partial charge on any atom is -0.456 e. The summed E-state index contributed by atoms with van der Waals surface area (Å²) >= 11 is 0. The van der Waals surface area contributed by atoms with Crippen LogP contribution in [0.2, 0.25) is 0 Å². The zero-order chi connectivity index (χ0) is 50.0. The van der Waals surface area contributed by atoms with Crippen LogP contribution in [0.4, 0.5) is 28.4 Å². The number of furan rings is 1. The Morgan fingerprint density at radius 3 is 2.13 bits per heavy atom. The van der Waals surface area contributed by atoms with Crippen LogP contribution >= 0.6 is 0 Å². The first-order chi connectivity index (χ1) is 34.0. The van der Waals surface area contributed by atoms with Crippen molar-refractivity contribution in [3.8, 4) is 11.1 Å². The Balaban J connectivity index is 1.21. The predicted molar refractivity (Wildman–Crippen MR) is 308 cm³/mol. The highest BCUT2D eigenvalue weighted by Crippen LogP contribution is 2.48. The van der Waals surface area contributed by atoms with Gasteiger partial charge in [-0.2, -0.15) is 0 Å². The first-order valence-electron chi connectivity index (χ1n) is 25.1. The molecule has 7 aromatic rings. The topological polar surface area (TPSA) is 22.9 Å². The summed E-state index contributed by atoms with van der Waals surface area (Å²) in [4.78, 5) is 7.42. The number of para-hydroxylation sites is 2. The Hall–Kier alpha value is -7.50. The van der Waals surface area contributed by atoms with Gasteiger partial charge in [0.2, 0.25) is 0 Å². The van der Waals surface area contributed by atoms with Gasteiger partial charge in [0.15, 0.2) is 0 Å². The van der Waals surface area contributed by atoms with E-state index in [-0.39, 0.29) is 29.0 Å². The van der Waals surface area contributed by atoms with Crippen LogP contribution in [0.25, 0.3) is 33.1 Å². The number of fused-ring (bicyclic) bond motifs is 6. The van der Waals surface area contributed by atoms with Gasteiger partial charge in [0.25, 0.3) is 6.71 Å². The third kappa shape index (κ3) is 8.56. The van der Waals surface area contributed by atoms with Gasteiger partial charge >= 0.3 is 0 Å². The van der Waals surface area contributed by atoms with Gasteiger partial charge in [-0.05, 0) is 127 Å². The van der Waals surface area contributed by atoms with Crippen molar-refractivity contribution in [2.75, 3.05) is 14.7 Å². The lowest BCUT2D eigenvalue weighted by molar-refractivity contribution is 0.517. The molecule has 0 spiro atoms. The summed E-state index contributed by atoms with van der Waals surface area (Å²) in [5.74, 6) is 0. The standard InChI is InChI=1S/C66H66BN3O/c1-13-15-23-44(3)69(49-25-17-16-18-26-49)51-36-37-54-57(43-51)68(39-22-24-46(14-2)64(4,5)6)58-41-48(66(10,11)12)42-59-63(58)67(54)55-40-47(65(7,8)9)33-38-56(55)70(59)50-34-31-45(32-35-50)52-28-21-30-61-62(52)53-27-19-20-29-60(53)71-61/h13-42,51H,1-3,43H2,4-12H3/b23-15-,39-22+,46-24+. The van der Waals surface area contributed by atoms with Crippen LogP contribution in [0.15, 0.2) is 229 Å². The van der Waals surface area contributed by atoms with E-state index >= 15 is 0 Å². The fraction of sp³-hybridized carbons (Fsp3) is 0.212. The quantitative estimate of drug-likeness (QED) is 0.101. The molecule has 0 N–H and O–H groups in total. The van der Waals surface area contributed by atoms with Gasteiger partial charge in [-0.25, -0.2) is 0 Å². The predicted octanol–water partition coefficient (Wildman–Crippen LogP) is 16.6. The summed E-state index contributed by atoms with van der Waals surface area (Å²) in [5, 5.41) is 2.27. The third-order valence-corrected chi connectivity index (χ3v) is 14.6. The molecule has 354 valence electrons. The molecule has 0 radical (unpaired) electrons. The summed E-state index contributed by atoms with van der Waals surface area (Å²) in [6.45, 7) is 33.5. The molecular formula is C66H66BN3O. The average molecular weight is 928 g/mol. The van der Waals surface area contributed by atoms with Crippen LogP contribution in [-0.2, 0) is 10.8 Å². The maximum Gasteiger partial charge on any atom is 0.251 e. The number of allylic oxidation sites excluding steroid dienone is 9. The van der Waals surface area contributed by atoms with Gasteiger partial charge < -0.3 is 19.1 Å². The first kappa shape index (κ1) is 47.2. The molecule has 0 saturated carbocycles. The minimum atomic E-state index is -0.153. The van der Waals surface area contributed by atoms with Crippen LogP contribution in [0.3, 0.4) is 0 Å². The van der Waals surface area contributed by atoms with Crippen molar-refractivity contribution >= 4 is 68.0 Å². The molecule has 1 atom stereocenters. The molecule has 0 amide bonds. The van der Waals surface area contributed by atoms with E-state index in [1.165, 1.54) is 55.9 Å². The summed E-state index contributed by atoms with van der Waals surface area (Å²) in [6, 6.07) is 46.8. The van der Waals surface area contributed by atoms with E-state index in [0.29, 0.717) is 0 Å². The smallest absolute Gasteiger partial charge is 0.251 e. The second kappa shape index (κ2) is 18.0. The third-order valence-electron chi connectivity index (χ3n) is 14.6. The minimum absolute atomic E-state index is 0.0143. The Morgan fingerprint density at radius 1 is 0.718 bits per heavy atom. The monoisotopic (exact) mass is 928 g/mol. The number of hydrogen-bond acceptors (Lipinski definition) is 4. The Kier molecular flexibility index (Phi) is 12.0. The van der Waals surface area contributed by atoms with E-state index in [0.717, 1.165) is 56.6 Å². The second-order valence-corrected chi connectivity index (χ2v) is 22.4. The van der Waals surface area contributed by atoms with Crippen LogP contribution in [0, 0.1) is 5.41 Å². The number of hydrogen-bond donors (Lipinski definition) is 0. The molecule has 0 fully saturated rings. The molecule has 0 saturated heterocycles. The zero-order valence-corrected chi connectivity index (χ0v) is 43.1. The van der Waals surface area contributed by atoms with Crippen molar-refractivity contribution in [1.82, 2.24) is 0 Å². The summed E-state index contributed by atoms with van der Waals surface area (Å²) in [7, 11) is 0. The van der Waals surface area contributed by atoms with Gasteiger partial charge in [0.1, 0.15) is 11.2 Å². The molecule has 4 nitrogen and oxygen atoms in total. The van der Waals surface area contributed by atoms with E-state index in [1.807, 2.05) is 24.3 Å². The molecule has 1 unspecified atom stereocenters. The van der Waals surface area contributed by atoms with Crippen molar-refractivity contribution < 1.29 is 4.42 Å². The molecule has 1 aliphatic carbocycles. The fourth-order valence-electron chi connectivity index (χ4n) is 10.8. The molecular weight excluding hydrogens is 862 g/mol. The Bertz CT molecular complexity index is 3410. The lowest BCUT2D eigenvalue weighted by Crippen LogP contribution is -2.57. The van der Waals surface area contributed by atoms with Gasteiger partial charge in [0, 0.05) is 63.2 Å². The molecule has 0 bridgehead atoms. The molecule has 10 rings (SSSR count). The van der Waals surface area contributed by atoms with Crippen molar-refractivity contribution in [3.63, 3.8) is 0 Å². The highest BCUT2D eigenvalue weighted by Gasteiger charge is 2.46. The maximum atomic E-state index is 6.34. The van der Waals surface area contributed by atoms with Crippen LogP contribution in [0.5, 0.6) is 0 Å². The highest BCUT2D eigenvalue weighted by atomic mass is 16.3. The molecule has 2 aliphatic heterocycles. The van der Waals surface area contributed by atoms with E-state index < -0.39 is 0 Å². The summed E-state index contributed by atoms with van der Waals surface area (Å²) in [5.41, 5.74) is 19.5. The van der Waals surface area contributed by atoms with E-state index in [1.54, 1.807) is 0 Å². The van der Waals surface area contributed by atoms with Crippen LogP contribution < -0.4 is 25.6 Å². The fourth-order valence-corrected chi connectivity index (χ4v) is 10.8.